The van der Waals surface area contributed by atoms with Crippen LogP contribution in [-0.4, -0.2) is 42.0 Å². The van der Waals surface area contributed by atoms with Crippen LogP contribution in [0.5, 0.6) is 0 Å². The second-order valence-corrected chi connectivity index (χ2v) is 9.26. The maximum Gasteiger partial charge on any atom is 0.278 e. The highest BCUT2D eigenvalue weighted by molar-refractivity contribution is 5.86. The summed E-state index contributed by atoms with van der Waals surface area (Å²) in [6, 6.07) is 17.4. The first-order valence-corrected chi connectivity index (χ1v) is 11.4. The van der Waals surface area contributed by atoms with Crippen LogP contribution in [0.15, 0.2) is 48.5 Å². The Kier molecular flexibility index (Phi) is 5.34. The van der Waals surface area contributed by atoms with Crippen LogP contribution < -0.4 is 4.90 Å². The number of hydrogen-bond acceptors (Lipinski definition) is 1. The van der Waals surface area contributed by atoms with Crippen LogP contribution in [0, 0.1) is 12.8 Å². The van der Waals surface area contributed by atoms with Crippen LogP contribution in [0.2, 0.25) is 0 Å². The molecule has 0 spiro atoms. The van der Waals surface area contributed by atoms with Crippen molar-refractivity contribution < 1.29 is 9.69 Å². The monoisotopic (exact) mass is 402 g/mol. The molecular weight excluding hydrogens is 370 g/mol. The van der Waals surface area contributed by atoms with E-state index in [4.69, 9.17) is 0 Å². The first kappa shape index (κ1) is 19.4. The fourth-order valence-electron chi connectivity index (χ4n) is 5.28. The number of benzene rings is 2. The van der Waals surface area contributed by atoms with Crippen LogP contribution in [0.25, 0.3) is 10.9 Å². The minimum absolute atomic E-state index is 0.319. The van der Waals surface area contributed by atoms with Gasteiger partial charge in [-0.3, -0.25) is 4.79 Å². The average Bonchev–Trinajstić information content (AvgIpc) is 3.13. The Balaban J connectivity index is 1.17. The molecule has 0 unspecified atom stereocenters. The van der Waals surface area contributed by atoms with Crippen molar-refractivity contribution in [1.29, 1.82) is 0 Å². The zero-order valence-electron chi connectivity index (χ0n) is 17.9. The van der Waals surface area contributed by atoms with Gasteiger partial charge >= 0.3 is 0 Å². The van der Waals surface area contributed by atoms with Gasteiger partial charge in [0, 0.05) is 41.7 Å². The van der Waals surface area contributed by atoms with Gasteiger partial charge in [-0.15, -0.1) is 0 Å². The van der Waals surface area contributed by atoms with Gasteiger partial charge in [0.15, 0.2) is 6.54 Å². The molecule has 2 aromatic carbocycles. The molecule has 1 aromatic heterocycles. The van der Waals surface area contributed by atoms with E-state index in [1.165, 1.54) is 57.4 Å². The lowest BCUT2D eigenvalue weighted by Crippen LogP contribution is -3.14. The van der Waals surface area contributed by atoms with E-state index in [1.807, 2.05) is 0 Å². The summed E-state index contributed by atoms with van der Waals surface area (Å²) in [5.41, 5.74) is 6.56. The number of carbonyl (C=O) groups is 1. The summed E-state index contributed by atoms with van der Waals surface area (Å²) in [6.07, 6.45) is 4.56. The van der Waals surface area contributed by atoms with Gasteiger partial charge in [-0.05, 0) is 49.8 Å². The number of aryl methyl sites for hydroxylation is 1. The number of likely N-dealkylation sites (tertiary alicyclic amines) is 1. The van der Waals surface area contributed by atoms with Crippen molar-refractivity contribution in [2.75, 3.05) is 26.2 Å². The van der Waals surface area contributed by atoms with E-state index in [0.717, 1.165) is 38.5 Å². The molecule has 1 amide bonds. The SMILES string of the molecule is Cc1ccc2[nH]c3c(c2c1)CN(C(=O)C[NH+]1CCC(Cc2ccccc2)CC1)CC3. The average molecular weight is 403 g/mol. The zero-order chi connectivity index (χ0) is 20.5. The molecule has 2 N–H and O–H groups in total. The third kappa shape index (κ3) is 4.01. The Morgan fingerprint density at radius 3 is 2.73 bits per heavy atom. The predicted octanol–water partition coefficient (Wildman–Crippen LogP) is 2.90. The Labute approximate surface area is 178 Å². The minimum atomic E-state index is 0.319. The molecule has 1 fully saturated rings. The number of quaternary nitrogens is 1. The maximum absolute atomic E-state index is 13.1. The van der Waals surface area contributed by atoms with Gasteiger partial charge in [-0.1, -0.05) is 42.0 Å². The van der Waals surface area contributed by atoms with Gasteiger partial charge < -0.3 is 14.8 Å². The second-order valence-electron chi connectivity index (χ2n) is 9.26. The zero-order valence-corrected chi connectivity index (χ0v) is 17.9. The van der Waals surface area contributed by atoms with Crippen molar-refractivity contribution in [1.82, 2.24) is 9.88 Å². The van der Waals surface area contributed by atoms with Crippen molar-refractivity contribution in [3.05, 3.63) is 70.9 Å². The summed E-state index contributed by atoms with van der Waals surface area (Å²) in [5, 5.41) is 1.29. The van der Waals surface area contributed by atoms with E-state index < -0.39 is 0 Å². The topological polar surface area (TPSA) is 40.5 Å². The summed E-state index contributed by atoms with van der Waals surface area (Å²) >= 11 is 0. The molecule has 4 nitrogen and oxygen atoms in total. The molecule has 3 heterocycles. The predicted molar refractivity (Wildman–Crippen MR) is 121 cm³/mol. The van der Waals surface area contributed by atoms with Crippen molar-refractivity contribution in [3.63, 3.8) is 0 Å². The smallest absolute Gasteiger partial charge is 0.278 e. The highest BCUT2D eigenvalue weighted by Gasteiger charge is 2.29. The standard InChI is InChI=1S/C26H31N3O/c1-19-7-8-24-22(15-19)23-17-29(14-11-25(23)27-24)26(30)18-28-12-9-21(10-13-28)16-20-5-3-2-4-6-20/h2-8,15,21,27H,9-14,16-18H2,1H3/p+1. The summed E-state index contributed by atoms with van der Waals surface area (Å²) in [7, 11) is 0. The van der Waals surface area contributed by atoms with Crippen LogP contribution in [0.1, 0.15) is 35.2 Å². The molecule has 30 heavy (non-hydrogen) atoms. The van der Waals surface area contributed by atoms with Gasteiger partial charge in [-0.25, -0.2) is 0 Å². The quantitative estimate of drug-likeness (QED) is 0.692. The van der Waals surface area contributed by atoms with E-state index in [0.29, 0.717) is 12.5 Å². The highest BCUT2D eigenvalue weighted by atomic mass is 16.2. The number of rotatable bonds is 4. The fourth-order valence-corrected chi connectivity index (χ4v) is 5.28. The Bertz CT molecular complexity index is 1030. The van der Waals surface area contributed by atoms with E-state index in [-0.39, 0.29) is 0 Å². The molecule has 0 saturated carbocycles. The number of hydrogen-bond donors (Lipinski definition) is 2. The Hall–Kier alpha value is -2.59. The molecule has 5 rings (SSSR count). The summed E-state index contributed by atoms with van der Waals surface area (Å²) < 4.78 is 0. The third-order valence-corrected chi connectivity index (χ3v) is 7.06. The van der Waals surface area contributed by atoms with Crippen molar-refractivity contribution >= 4 is 16.8 Å². The molecule has 0 atom stereocenters. The molecule has 1 saturated heterocycles. The largest absolute Gasteiger partial charge is 0.358 e. The van der Waals surface area contributed by atoms with Gasteiger partial charge in [0.1, 0.15) is 0 Å². The van der Waals surface area contributed by atoms with E-state index >= 15 is 0 Å². The number of aromatic amines is 1. The van der Waals surface area contributed by atoms with Gasteiger partial charge in [0.2, 0.25) is 0 Å². The highest BCUT2D eigenvalue weighted by Crippen LogP contribution is 2.28. The molecule has 2 aliphatic rings. The van der Waals surface area contributed by atoms with Crippen LogP contribution >= 0.6 is 0 Å². The lowest BCUT2D eigenvalue weighted by molar-refractivity contribution is -0.898. The van der Waals surface area contributed by atoms with Crippen LogP contribution in [-0.2, 0) is 24.2 Å². The number of fused-ring (bicyclic) bond motifs is 3. The number of piperidine rings is 1. The van der Waals surface area contributed by atoms with E-state index in [9.17, 15) is 4.79 Å². The lowest BCUT2D eigenvalue weighted by Gasteiger charge is -2.32. The molecule has 3 aromatic rings. The van der Waals surface area contributed by atoms with Crippen LogP contribution in [0.4, 0.5) is 0 Å². The number of amides is 1. The molecular formula is C26H32N3O+. The van der Waals surface area contributed by atoms with Crippen molar-refractivity contribution in [2.45, 2.75) is 39.2 Å². The number of aromatic nitrogens is 1. The van der Waals surface area contributed by atoms with Crippen LogP contribution in [0.3, 0.4) is 0 Å². The fraction of sp³-hybridized carbons (Fsp3) is 0.423. The summed E-state index contributed by atoms with van der Waals surface area (Å²) in [6.45, 7) is 6.61. The lowest BCUT2D eigenvalue weighted by atomic mass is 9.90. The van der Waals surface area contributed by atoms with Crippen molar-refractivity contribution in [2.24, 2.45) is 5.92 Å². The molecule has 4 heteroatoms. The Morgan fingerprint density at radius 1 is 1.13 bits per heavy atom. The number of nitrogens with zero attached hydrogens (tertiary/aromatic N) is 1. The van der Waals surface area contributed by atoms with Gasteiger partial charge in [0.25, 0.3) is 5.91 Å². The van der Waals surface area contributed by atoms with Gasteiger partial charge in [-0.2, -0.15) is 0 Å². The summed E-state index contributed by atoms with van der Waals surface area (Å²) in [4.78, 5) is 20.2. The van der Waals surface area contributed by atoms with Gasteiger partial charge in [0.05, 0.1) is 13.1 Å². The molecule has 0 radical (unpaired) electrons. The summed E-state index contributed by atoms with van der Waals surface area (Å²) in [5.74, 6) is 1.08. The molecule has 2 aliphatic heterocycles. The molecule has 0 aliphatic carbocycles. The third-order valence-electron chi connectivity index (χ3n) is 7.06. The van der Waals surface area contributed by atoms with Crippen molar-refractivity contribution in [3.8, 4) is 0 Å². The maximum atomic E-state index is 13.1. The second kappa shape index (κ2) is 8.27. The number of nitrogens with one attached hydrogen (secondary N) is 2. The first-order valence-electron chi connectivity index (χ1n) is 11.4. The number of H-pyrrole nitrogens is 1. The first-order chi connectivity index (χ1) is 14.7. The number of carbonyl (C=O) groups excluding carboxylic acids is 1. The Morgan fingerprint density at radius 2 is 1.93 bits per heavy atom. The normalized spacial score (nSPS) is 21.6. The van der Waals surface area contributed by atoms with E-state index in [2.05, 4.69) is 65.3 Å². The molecule has 156 valence electrons. The minimum Gasteiger partial charge on any atom is -0.358 e. The molecule has 0 bridgehead atoms. The van der Waals surface area contributed by atoms with E-state index in [1.54, 1.807) is 0 Å².